The van der Waals surface area contributed by atoms with Crippen LogP contribution in [0.25, 0.3) is 11.2 Å². The van der Waals surface area contributed by atoms with E-state index < -0.39 is 17.4 Å². The van der Waals surface area contributed by atoms with Gasteiger partial charge in [-0.15, -0.1) is 0 Å². The summed E-state index contributed by atoms with van der Waals surface area (Å²) in [6.45, 7) is 7.48. The SMILES string of the molecule is CCN(CC)c1nc2c(c(=O)n(C)c(=O)n2C)n1C[C@H](O)COc1ccc(C)cc1. The van der Waals surface area contributed by atoms with Crippen LogP contribution in [0.15, 0.2) is 33.9 Å². The maximum Gasteiger partial charge on any atom is 0.332 e. The van der Waals surface area contributed by atoms with Crippen LogP contribution >= 0.6 is 0 Å². The van der Waals surface area contributed by atoms with E-state index in [0.717, 1.165) is 10.1 Å². The zero-order valence-corrected chi connectivity index (χ0v) is 18.1. The average Bonchev–Trinajstić information content (AvgIpc) is 3.10. The number of aromatic nitrogens is 4. The van der Waals surface area contributed by atoms with Gasteiger partial charge in [-0.3, -0.25) is 13.9 Å². The maximum absolute atomic E-state index is 12.9. The zero-order chi connectivity index (χ0) is 22.0. The molecule has 0 amide bonds. The van der Waals surface area contributed by atoms with Gasteiger partial charge in [0.1, 0.15) is 18.5 Å². The van der Waals surface area contributed by atoms with Crippen molar-refractivity contribution in [2.24, 2.45) is 14.1 Å². The molecule has 3 aromatic rings. The number of benzene rings is 1. The van der Waals surface area contributed by atoms with Crippen molar-refractivity contribution < 1.29 is 9.84 Å². The molecule has 0 radical (unpaired) electrons. The summed E-state index contributed by atoms with van der Waals surface area (Å²) in [6, 6.07) is 7.57. The van der Waals surface area contributed by atoms with E-state index in [1.165, 1.54) is 11.6 Å². The molecule has 30 heavy (non-hydrogen) atoms. The Labute approximate surface area is 174 Å². The smallest absolute Gasteiger partial charge is 0.332 e. The molecule has 0 aliphatic carbocycles. The molecule has 1 N–H and O–H groups in total. The summed E-state index contributed by atoms with van der Waals surface area (Å²) in [5.41, 5.74) is 0.836. The van der Waals surface area contributed by atoms with Crippen LogP contribution in [0.5, 0.6) is 5.75 Å². The highest BCUT2D eigenvalue weighted by Crippen LogP contribution is 2.20. The highest BCUT2D eigenvalue weighted by atomic mass is 16.5. The Balaban J connectivity index is 1.99. The van der Waals surface area contributed by atoms with Crippen molar-refractivity contribution in [2.45, 2.75) is 33.4 Å². The molecular formula is C21H29N5O4. The van der Waals surface area contributed by atoms with Gasteiger partial charge in [-0.2, -0.15) is 4.98 Å². The predicted molar refractivity (Wildman–Crippen MR) is 116 cm³/mol. The van der Waals surface area contributed by atoms with E-state index in [-0.39, 0.29) is 18.7 Å². The van der Waals surface area contributed by atoms with Crippen LogP contribution in [0.4, 0.5) is 5.95 Å². The minimum atomic E-state index is -0.875. The topological polar surface area (TPSA) is 94.5 Å². The van der Waals surface area contributed by atoms with E-state index in [1.807, 2.05) is 49.9 Å². The molecule has 0 spiro atoms. The van der Waals surface area contributed by atoms with Crippen molar-refractivity contribution in [1.82, 2.24) is 18.7 Å². The molecule has 0 aliphatic heterocycles. The van der Waals surface area contributed by atoms with E-state index in [4.69, 9.17) is 4.74 Å². The molecule has 1 aromatic carbocycles. The molecule has 0 bridgehead atoms. The number of ether oxygens (including phenoxy) is 1. The molecule has 0 saturated carbocycles. The molecule has 9 heteroatoms. The van der Waals surface area contributed by atoms with E-state index in [2.05, 4.69) is 4.98 Å². The number of fused-ring (bicyclic) bond motifs is 1. The lowest BCUT2D eigenvalue weighted by molar-refractivity contribution is 0.0936. The molecular weight excluding hydrogens is 386 g/mol. The number of aliphatic hydroxyl groups excluding tert-OH is 1. The number of hydrogen-bond donors (Lipinski definition) is 1. The fourth-order valence-electron chi connectivity index (χ4n) is 3.45. The molecule has 9 nitrogen and oxygen atoms in total. The third-order valence-electron chi connectivity index (χ3n) is 5.23. The Bertz CT molecular complexity index is 1140. The monoisotopic (exact) mass is 415 g/mol. The number of hydrogen-bond acceptors (Lipinski definition) is 6. The van der Waals surface area contributed by atoms with Crippen molar-refractivity contribution >= 4 is 17.1 Å². The maximum atomic E-state index is 12.9. The first-order chi connectivity index (χ1) is 14.3. The zero-order valence-electron chi connectivity index (χ0n) is 18.1. The fourth-order valence-corrected chi connectivity index (χ4v) is 3.45. The lowest BCUT2D eigenvalue weighted by Crippen LogP contribution is -2.38. The summed E-state index contributed by atoms with van der Waals surface area (Å²) >= 11 is 0. The van der Waals surface area contributed by atoms with Crippen molar-refractivity contribution in [1.29, 1.82) is 0 Å². The summed E-state index contributed by atoms with van der Waals surface area (Å²) in [6.07, 6.45) is -0.875. The van der Waals surface area contributed by atoms with E-state index >= 15 is 0 Å². The molecule has 0 saturated heterocycles. The lowest BCUT2D eigenvalue weighted by atomic mass is 10.2. The first-order valence-electron chi connectivity index (χ1n) is 10.1. The van der Waals surface area contributed by atoms with Crippen LogP contribution in [-0.4, -0.2) is 49.6 Å². The molecule has 162 valence electrons. The first kappa shape index (κ1) is 21.6. The number of aliphatic hydroxyl groups is 1. The molecule has 1 atom stereocenters. The predicted octanol–water partition coefficient (Wildman–Crippen LogP) is 1.03. The quantitative estimate of drug-likeness (QED) is 0.591. The van der Waals surface area contributed by atoms with Crippen LogP contribution in [0, 0.1) is 6.92 Å². The van der Waals surface area contributed by atoms with Gasteiger partial charge < -0.3 is 19.3 Å². The summed E-state index contributed by atoms with van der Waals surface area (Å²) in [5.74, 6) is 1.21. The Morgan fingerprint density at radius 2 is 1.73 bits per heavy atom. The highest BCUT2D eigenvalue weighted by Gasteiger charge is 2.23. The molecule has 2 heterocycles. The van der Waals surface area contributed by atoms with Crippen LogP contribution in [0.1, 0.15) is 19.4 Å². The van der Waals surface area contributed by atoms with Gasteiger partial charge in [-0.05, 0) is 32.9 Å². The van der Waals surface area contributed by atoms with E-state index in [1.54, 1.807) is 11.6 Å². The standard InChI is InChI=1S/C21H29N5O4/c1-6-25(7-2)20-22-18-17(19(28)24(5)21(29)23(18)4)26(20)12-15(27)13-30-16-10-8-14(3)9-11-16/h8-11,15,27H,6-7,12-13H2,1-5H3/t15-/m0/s1. The van der Waals surface area contributed by atoms with Crippen molar-refractivity contribution in [3.05, 3.63) is 50.7 Å². The van der Waals surface area contributed by atoms with Crippen molar-refractivity contribution in [3.63, 3.8) is 0 Å². The number of rotatable bonds is 8. The van der Waals surface area contributed by atoms with Gasteiger partial charge in [0.15, 0.2) is 11.2 Å². The van der Waals surface area contributed by atoms with Gasteiger partial charge in [0.2, 0.25) is 5.95 Å². The van der Waals surface area contributed by atoms with Crippen molar-refractivity contribution in [2.75, 3.05) is 24.6 Å². The Morgan fingerprint density at radius 1 is 1.10 bits per heavy atom. The van der Waals surface area contributed by atoms with Gasteiger partial charge in [0.25, 0.3) is 5.56 Å². The van der Waals surface area contributed by atoms with Gasteiger partial charge in [-0.25, -0.2) is 4.79 Å². The molecule has 3 rings (SSSR count). The number of imidazole rings is 1. The number of nitrogens with zero attached hydrogens (tertiary/aromatic N) is 5. The van der Waals surface area contributed by atoms with Crippen LogP contribution in [0.2, 0.25) is 0 Å². The summed E-state index contributed by atoms with van der Waals surface area (Å²) in [5, 5.41) is 10.7. The summed E-state index contributed by atoms with van der Waals surface area (Å²) < 4.78 is 9.80. The first-order valence-corrected chi connectivity index (χ1v) is 10.1. The average molecular weight is 415 g/mol. The second kappa shape index (κ2) is 8.74. The number of aryl methyl sites for hydroxylation is 2. The molecule has 0 fully saturated rings. The van der Waals surface area contributed by atoms with Gasteiger partial charge >= 0.3 is 5.69 Å². The van der Waals surface area contributed by atoms with E-state index in [9.17, 15) is 14.7 Å². The Kier molecular flexibility index (Phi) is 6.31. The van der Waals surface area contributed by atoms with Gasteiger partial charge in [0.05, 0.1) is 6.54 Å². The summed E-state index contributed by atoms with van der Waals surface area (Å²) in [4.78, 5) is 31.8. The third kappa shape index (κ3) is 3.97. The largest absolute Gasteiger partial charge is 0.491 e. The lowest BCUT2D eigenvalue weighted by Gasteiger charge is -2.22. The number of anilines is 1. The Morgan fingerprint density at radius 3 is 2.33 bits per heavy atom. The van der Waals surface area contributed by atoms with Gasteiger partial charge in [0, 0.05) is 27.2 Å². The molecule has 0 unspecified atom stereocenters. The van der Waals surface area contributed by atoms with Crippen LogP contribution in [-0.2, 0) is 20.6 Å². The van der Waals surface area contributed by atoms with Gasteiger partial charge in [-0.1, -0.05) is 17.7 Å². The second-order valence-electron chi connectivity index (χ2n) is 7.35. The minimum absolute atomic E-state index is 0.0620. The minimum Gasteiger partial charge on any atom is -0.491 e. The molecule has 0 aliphatic rings. The van der Waals surface area contributed by atoms with Crippen LogP contribution < -0.4 is 20.9 Å². The highest BCUT2D eigenvalue weighted by molar-refractivity contribution is 5.74. The van der Waals surface area contributed by atoms with Crippen molar-refractivity contribution in [3.8, 4) is 5.75 Å². The second-order valence-corrected chi connectivity index (χ2v) is 7.35. The molecule has 2 aromatic heterocycles. The fraction of sp³-hybridized carbons (Fsp3) is 0.476. The third-order valence-corrected chi connectivity index (χ3v) is 5.23. The van der Waals surface area contributed by atoms with E-state index in [0.29, 0.717) is 30.4 Å². The Hall–Kier alpha value is -3.07. The normalized spacial score (nSPS) is 12.3. The summed E-state index contributed by atoms with van der Waals surface area (Å²) in [7, 11) is 3.03. The van der Waals surface area contributed by atoms with Crippen LogP contribution in [0.3, 0.4) is 0 Å².